The minimum Gasteiger partial charge on any atom is -0.496 e. The Balaban J connectivity index is 2.37. The van der Waals surface area contributed by atoms with Gasteiger partial charge >= 0.3 is 0 Å². The van der Waals surface area contributed by atoms with E-state index in [1.807, 2.05) is 24.3 Å². The summed E-state index contributed by atoms with van der Waals surface area (Å²) in [6.45, 7) is 0. The van der Waals surface area contributed by atoms with E-state index in [1.54, 1.807) is 7.11 Å². The van der Waals surface area contributed by atoms with Gasteiger partial charge in [-0.3, -0.25) is 0 Å². The second kappa shape index (κ2) is 5.93. The molecule has 0 fully saturated rings. The van der Waals surface area contributed by atoms with Crippen LogP contribution < -0.4 is 9.47 Å². The molecule has 0 amide bonds. The number of hydrogen-bond acceptors (Lipinski definition) is 5. The van der Waals surface area contributed by atoms with E-state index in [4.69, 9.17) is 21.1 Å². The molecule has 94 valence electrons. The van der Waals surface area contributed by atoms with Crippen LogP contribution in [-0.4, -0.2) is 24.2 Å². The Hall–Kier alpha value is -1.46. The van der Waals surface area contributed by atoms with Gasteiger partial charge in [-0.2, -0.15) is 0 Å². The minimum atomic E-state index is 0.296. The summed E-state index contributed by atoms with van der Waals surface area (Å²) in [7, 11) is 3.17. The van der Waals surface area contributed by atoms with Crippen LogP contribution in [0.5, 0.6) is 11.5 Å². The molecule has 1 aromatic carbocycles. The maximum absolute atomic E-state index is 5.95. The third kappa shape index (κ3) is 2.68. The lowest BCUT2D eigenvalue weighted by Crippen LogP contribution is -1.93. The average molecular weight is 283 g/mol. The van der Waals surface area contributed by atoms with Crippen LogP contribution in [0, 0.1) is 0 Å². The van der Waals surface area contributed by atoms with E-state index < -0.39 is 0 Å². The SMILES string of the molecule is COc1ccccc1Sc1ncnc(Cl)c1OC. The Morgan fingerprint density at radius 1 is 1.11 bits per heavy atom. The summed E-state index contributed by atoms with van der Waals surface area (Å²) in [6.07, 6.45) is 1.41. The molecule has 0 atom stereocenters. The van der Waals surface area contributed by atoms with Gasteiger partial charge < -0.3 is 9.47 Å². The first kappa shape index (κ1) is 13.0. The van der Waals surface area contributed by atoms with Gasteiger partial charge in [0, 0.05) is 0 Å². The summed E-state index contributed by atoms with van der Waals surface area (Å²) in [4.78, 5) is 8.99. The molecular weight excluding hydrogens is 272 g/mol. The second-order valence-corrected chi connectivity index (χ2v) is 4.64. The highest BCUT2D eigenvalue weighted by atomic mass is 35.5. The number of nitrogens with zero attached hydrogens (tertiary/aromatic N) is 2. The molecule has 0 spiro atoms. The Morgan fingerprint density at radius 2 is 1.89 bits per heavy atom. The van der Waals surface area contributed by atoms with Crippen molar-refractivity contribution in [3.05, 3.63) is 35.7 Å². The van der Waals surface area contributed by atoms with Crippen LogP contribution in [0.1, 0.15) is 0 Å². The van der Waals surface area contributed by atoms with Crippen molar-refractivity contribution in [3.8, 4) is 11.5 Å². The lowest BCUT2D eigenvalue weighted by molar-refractivity contribution is 0.397. The molecule has 0 saturated heterocycles. The molecule has 0 aliphatic heterocycles. The van der Waals surface area contributed by atoms with Gasteiger partial charge in [0.15, 0.2) is 10.9 Å². The monoisotopic (exact) mass is 282 g/mol. The van der Waals surface area contributed by atoms with Crippen LogP contribution in [0.4, 0.5) is 0 Å². The molecule has 1 aromatic heterocycles. The van der Waals surface area contributed by atoms with Gasteiger partial charge in [-0.1, -0.05) is 35.5 Å². The summed E-state index contributed by atoms with van der Waals surface area (Å²) < 4.78 is 10.5. The van der Waals surface area contributed by atoms with E-state index in [0.717, 1.165) is 10.6 Å². The van der Waals surface area contributed by atoms with Crippen molar-refractivity contribution in [1.29, 1.82) is 0 Å². The van der Waals surface area contributed by atoms with Crippen molar-refractivity contribution in [2.75, 3.05) is 14.2 Å². The van der Waals surface area contributed by atoms with Crippen LogP contribution >= 0.6 is 23.4 Å². The predicted octanol–water partition coefficient (Wildman–Crippen LogP) is 3.30. The van der Waals surface area contributed by atoms with Crippen molar-refractivity contribution < 1.29 is 9.47 Å². The highest BCUT2D eigenvalue weighted by molar-refractivity contribution is 7.99. The highest BCUT2D eigenvalue weighted by Gasteiger charge is 2.13. The third-order valence-electron chi connectivity index (χ3n) is 2.21. The summed E-state index contributed by atoms with van der Waals surface area (Å²) >= 11 is 7.37. The molecule has 1 heterocycles. The Kier molecular flexibility index (Phi) is 4.28. The maximum Gasteiger partial charge on any atom is 0.188 e. The molecule has 0 N–H and O–H groups in total. The lowest BCUT2D eigenvalue weighted by atomic mass is 10.3. The largest absolute Gasteiger partial charge is 0.496 e. The van der Waals surface area contributed by atoms with Gasteiger partial charge in [-0.05, 0) is 12.1 Å². The van der Waals surface area contributed by atoms with Crippen LogP contribution in [0.15, 0.2) is 40.5 Å². The number of ether oxygens (including phenoxy) is 2. The smallest absolute Gasteiger partial charge is 0.188 e. The van der Waals surface area contributed by atoms with Gasteiger partial charge in [0.05, 0.1) is 19.1 Å². The summed E-state index contributed by atoms with van der Waals surface area (Å²) in [5, 5.41) is 0.951. The molecule has 2 rings (SSSR count). The van der Waals surface area contributed by atoms with Crippen LogP contribution in [0.25, 0.3) is 0 Å². The zero-order valence-corrected chi connectivity index (χ0v) is 11.5. The number of hydrogen-bond donors (Lipinski definition) is 0. The first-order chi connectivity index (χ1) is 8.76. The fraction of sp³-hybridized carbons (Fsp3) is 0.167. The van der Waals surface area contributed by atoms with E-state index in [0.29, 0.717) is 15.9 Å². The van der Waals surface area contributed by atoms with Gasteiger partial charge in [0.2, 0.25) is 0 Å². The van der Waals surface area contributed by atoms with Crippen LogP contribution in [0.2, 0.25) is 5.15 Å². The summed E-state index contributed by atoms with van der Waals surface area (Å²) in [6, 6.07) is 7.67. The Labute approximate surface area is 114 Å². The predicted molar refractivity (Wildman–Crippen MR) is 70.7 cm³/mol. The van der Waals surface area contributed by atoms with Crippen molar-refractivity contribution in [2.24, 2.45) is 0 Å². The first-order valence-corrected chi connectivity index (χ1v) is 6.31. The number of para-hydroxylation sites is 1. The van der Waals surface area contributed by atoms with Gasteiger partial charge in [0.25, 0.3) is 0 Å². The summed E-state index contributed by atoms with van der Waals surface area (Å²) in [5.74, 6) is 1.24. The molecule has 0 saturated carbocycles. The van der Waals surface area contributed by atoms with E-state index in [2.05, 4.69) is 9.97 Å². The molecule has 2 aromatic rings. The van der Waals surface area contributed by atoms with E-state index in [1.165, 1.54) is 25.2 Å². The second-order valence-electron chi connectivity index (χ2n) is 3.26. The van der Waals surface area contributed by atoms with E-state index in [9.17, 15) is 0 Å². The number of aromatic nitrogens is 2. The molecule has 4 nitrogen and oxygen atoms in total. The fourth-order valence-corrected chi connectivity index (χ4v) is 2.63. The Bertz CT molecular complexity index is 551. The van der Waals surface area contributed by atoms with Crippen LogP contribution in [0.3, 0.4) is 0 Å². The topological polar surface area (TPSA) is 44.2 Å². The third-order valence-corrected chi connectivity index (χ3v) is 3.52. The highest BCUT2D eigenvalue weighted by Crippen LogP contribution is 2.39. The van der Waals surface area contributed by atoms with Gasteiger partial charge in [0.1, 0.15) is 17.1 Å². The fourth-order valence-electron chi connectivity index (χ4n) is 1.39. The van der Waals surface area contributed by atoms with E-state index in [-0.39, 0.29) is 0 Å². The van der Waals surface area contributed by atoms with E-state index >= 15 is 0 Å². The average Bonchev–Trinajstić information content (AvgIpc) is 2.40. The quantitative estimate of drug-likeness (QED) is 0.805. The number of halogens is 1. The molecule has 0 unspecified atom stereocenters. The lowest BCUT2D eigenvalue weighted by Gasteiger charge is -2.10. The molecular formula is C12H11ClN2O2S. The molecule has 18 heavy (non-hydrogen) atoms. The molecule has 0 aliphatic carbocycles. The molecule has 0 bridgehead atoms. The zero-order valence-electron chi connectivity index (χ0n) is 9.88. The molecule has 6 heteroatoms. The first-order valence-electron chi connectivity index (χ1n) is 5.11. The number of methoxy groups -OCH3 is 2. The Morgan fingerprint density at radius 3 is 2.61 bits per heavy atom. The maximum atomic E-state index is 5.95. The van der Waals surface area contributed by atoms with Crippen LogP contribution in [-0.2, 0) is 0 Å². The van der Waals surface area contributed by atoms with Gasteiger partial charge in [-0.15, -0.1) is 0 Å². The molecule has 0 aliphatic rings. The minimum absolute atomic E-state index is 0.296. The summed E-state index contributed by atoms with van der Waals surface area (Å²) in [5.41, 5.74) is 0. The van der Waals surface area contributed by atoms with Crippen molar-refractivity contribution >= 4 is 23.4 Å². The molecule has 0 radical (unpaired) electrons. The zero-order chi connectivity index (χ0) is 13.0. The number of benzene rings is 1. The number of rotatable bonds is 4. The normalized spacial score (nSPS) is 10.2. The van der Waals surface area contributed by atoms with Crippen molar-refractivity contribution in [1.82, 2.24) is 9.97 Å². The van der Waals surface area contributed by atoms with Crippen molar-refractivity contribution in [3.63, 3.8) is 0 Å². The van der Waals surface area contributed by atoms with Gasteiger partial charge in [-0.25, -0.2) is 9.97 Å². The standard InChI is InChI=1S/C12H11ClN2O2S/c1-16-8-5-3-4-6-9(8)18-12-10(17-2)11(13)14-7-15-12/h3-7H,1-2H3. The van der Waals surface area contributed by atoms with Crippen molar-refractivity contribution in [2.45, 2.75) is 9.92 Å².